The first-order valence-corrected chi connectivity index (χ1v) is 11.1. The van der Waals surface area contributed by atoms with Crippen LogP contribution in [0.1, 0.15) is 41.1 Å². The Bertz CT molecular complexity index is 1090. The first-order valence-electron chi connectivity index (χ1n) is 10.3. The van der Waals surface area contributed by atoms with Crippen LogP contribution in [0, 0.1) is 5.92 Å². The fraction of sp³-hybridized carbons (Fsp3) is 0.333. The summed E-state index contributed by atoms with van der Waals surface area (Å²) < 4.78 is 10.9. The Kier molecular flexibility index (Phi) is 6.04. The molecule has 0 fully saturated rings. The molecule has 0 saturated carbocycles. The van der Waals surface area contributed by atoms with E-state index in [4.69, 9.17) is 9.47 Å². The molecule has 0 aliphatic heterocycles. The van der Waals surface area contributed by atoms with Crippen LogP contribution in [0.2, 0.25) is 0 Å². The molecule has 1 aliphatic carbocycles. The predicted octanol–water partition coefficient (Wildman–Crippen LogP) is 5.22. The highest BCUT2D eigenvalue weighted by Gasteiger charge is 2.29. The average molecular weight is 424 g/mol. The average Bonchev–Trinajstić information content (AvgIpc) is 3.09. The minimum absolute atomic E-state index is 0.125. The smallest absolute Gasteiger partial charge is 0.341 e. The molecular formula is C24H25NO4S. The normalized spacial score (nSPS) is 15.5. The Labute approximate surface area is 180 Å². The fourth-order valence-corrected chi connectivity index (χ4v) is 5.24. The summed E-state index contributed by atoms with van der Waals surface area (Å²) in [7, 11) is 0. The molecule has 4 rings (SSSR count). The number of hydrogen-bond acceptors (Lipinski definition) is 5. The summed E-state index contributed by atoms with van der Waals surface area (Å²) in [6.07, 6.45) is 2.80. The Hall–Kier alpha value is -2.86. The third kappa shape index (κ3) is 4.33. The number of benzene rings is 2. The zero-order chi connectivity index (χ0) is 21.1. The van der Waals surface area contributed by atoms with Gasteiger partial charge in [-0.1, -0.05) is 37.3 Å². The Morgan fingerprint density at radius 3 is 2.77 bits per heavy atom. The maximum Gasteiger partial charge on any atom is 0.341 e. The predicted molar refractivity (Wildman–Crippen MR) is 120 cm³/mol. The second kappa shape index (κ2) is 8.88. The molecule has 1 aliphatic rings. The van der Waals surface area contributed by atoms with Gasteiger partial charge in [-0.15, -0.1) is 11.3 Å². The van der Waals surface area contributed by atoms with Crippen LogP contribution in [0.5, 0.6) is 5.75 Å². The van der Waals surface area contributed by atoms with E-state index < -0.39 is 0 Å². The number of ether oxygens (including phenoxy) is 2. The maximum absolute atomic E-state index is 12.6. The van der Waals surface area contributed by atoms with E-state index in [9.17, 15) is 9.59 Å². The molecule has 3 aromatic rings. The van der Waals surface area contributed by atoms with Crippen LogP contribution in [-0.4, -0.2) is 25.1 Å². The molecule has 1 heterocycles. The lowest BCUT2D eigenvalue weighted by atomic mass is 9.88. The molecule has 1 aromatic heterocycles. The quantitative estimate of drug-likeness (QED) is 0.552. The molecule has 30 heavy (non-hydrogen) atoms. The Morgan fingerprint density at radius 1 is 1.17 bits per heavy atom. The zero-order valence-corrected chi connectivity index (χ0v) is 18.0. The fourth-order valence-electron chi connectivity index (χ4n) is 3.83. The molecule has 6 heteroatoms. The van der Waals surface area contributed by atoms with Crippen molar-refractivity contribution in [2.45, 2.75) is 33.1 Å². The highest BCUT2D eigenvalue weighted by molar-refractivity contribution is 7.17. The summed E-state index contributed by atoms with van der Waals surface area (Å²) in [5, 5.41) is 5.63. The van der Waals surface area contributed by atoms with Crippen molar-refractivity contribution in [3.05, 3.63) is 58.5 Å². The monoisotopic (exact) mass is 423 g/mol. The summed E-state index contributed by atoms with van der Waals surface area (Å²) in [5.41, 5.74) is 1.55. The second-order valence-electron chi connectivity index (χ2n) is 7.62. The minimum Gasteiger partial charge on any atom is -0.484 e. The van der Waals surface area contributed by atoms with Gasteiger partial charge in [0.05, 0.1) is 12.2 Å². The van der Waals surface area contributed by atoms with Crippen molar-refractivity contribution in [3.8, 4) is 5.75 Å². The summed E-state index contributed by atoms with van der Waals surface area (Å²) in [5.74, 6) is 0.551. The molecule has 5 nitrogen and oxygen atoms in total. The van der Waals surface area contributed by atoms with Gasteiger partial charge >= 0.3 is 5.97 Å². The van der Waals surface area contributed by atoms with Gasteiger partial charge in [-0.05, 0) is 60.6 Å². The maximum atomic E-state index is 12.6. The highest BCUT2D eigenvalue weighted by Crippen LogP contribution is 2.40. The number of nitrogens with one attached hydrogen (secondary N) is 1. The topological polar surface area (TPSA) is 64.6 Å². The van der Waals surface area contributed by atoms with Gasteiger partial charge in [0.2, 0.25) is 0 Å². The van der Waals surface area contributed by atoms with Gasteiger partial charge in [-0.25, -0.2) is 4.79 Å². The van der Waals surface area contributed by atoms with Crippen molar-refractivity contribution < 1.29 is 19.1 Å². The largest absolute Gasteiger partial charge is 0.484 e. The molecule has 1 amide bonds. The SMILES string of the molecule is CCOC(=O)c1c(NC(=O)COc2ccc3ccccc3c2)sc2c1CCC(C)C2. The lowest BCUT2D eigenvalue weighted by Crippen LogP contribution is -2.21. The lowest BCUT2D eigenvalue weighted by molar-refractivity contribution is -0.118. The van der Waals surface area contributed by atoms with Gasteiger partial charge in [0, 0.05) is 4.88 Å². The Balaban J connectivity index is 1.48. The van der Waals surface area contributed by atoms with Crippen molar-refractivity contribution in [1.82, 2.24) is 0 Å². The van der Waals surface area contributed by atoms with Crippen molar-refractivity contribution in [2.75, 3.05) is 18.5 Å². The number of esters is 1. The molecule has 1 atom stereocenters. The molecule has 0 saturated heterocycles. The first kappa shape index (κ1) is 20.4. The van der Waals surface area contributed by atoms with Gasteiger partial charge in [-0.2, -0.15) is 0 Å². The van der Waals surface area contributed by atoms with Crippen LogP contribution in [0.3, 0.4) is 0 Å². The number of fused-ring (bicyclic) bond motifs is 2. The van der Waals surface area contributed by atoms with Gasteiger partial charge in [0.15, 0.2) is 6.61 Å². The van der Waals surface area contributed by atoms with E-state index >= 15 is 0 Å². The van der Waals surface area contributed by atoms with E-state index in [0.29, 0.717) is 28.8 Å². The number of hydrogen-bond donors (Lipinski definition) is 1. The molecular weight excluding hydrogens is 398 g/mol. The van der Waals surface area contributed by atoms with E-state index in [0.717, 1.165) is 35.6 Å². The van der Waals surface area contributed by atoms with Gasteiger partial charge < -0.3 is 14.8 Å². The van der Waals surface area contributed by atoms with E-state index in [1.54, 1.807) is 6.92 Å². The highest BCUT2D eigenvalue weighted by atomic mass is 32.1. The van der Waals surface area contributed by atoms with Crippen molar-refractivity contribution in [1.29, 1.82) is 0 Å². The summed E-state index contributed by atoms with van der Waals surface area (Å²) >= 11 is 1.48. The number of rotatable bonds is 6. The number of amides is 1. The minimum atomic E-state index is -0.365. The summed E-state index contributed by atoms with van der Waals surface area (Å²) in [4.78, 5) is 26.3. The molecule has 0 radical (unpaired) electrons. The molecule has 0 spiro atoms. The van der Waals surface area contributed by atoms with Crippen LogP contribution < -0.4 is 10.1 Å². The Morgan fingerprint density at radius 2 is 1.97 bits per heavy atom. The van der Waals surface area contributed by atoms with Crippen LogP contribution in [0.25, 0.3) is 10.8 Å². The summed E-state index contributed by atoms with van der Waals surface area (Å²) in [6.45, 7) is 4.18. The number of carbonyl (C=O) groups excluding carboxylic acids is 2. The van der Waals surface area contributed by atoms with Gasteiger partial charge in [-0.3, -0.25) is 4.79 Å². The molecule has 1 unspecified atom stereocenters. The number of anilines is 1. The summed E-state index contributed by atoms with van der Waals surface area (Å²) in [6, 6.07) is 13.7. The first-order chi connectivity index (χ1) is 14.5. The van der Waals surface area contributed by atoms with Crippen molar-refractivity contribution in [3.63, 3.8) is 0 Å². The standard InChI is InChI=1S/C24H25NO4S/c1-3-28-24(27)22-19-11-8-15(2)12-20(19)30-23(22)25-21(26)14-29-18-10-9-16-6-4-5-7-17(16)13-18/h4-7,9-10,13,15H,3,8,11-12,14H2,1-2H3,(H,25,26). The van der Waals surface area contributed by atoms with E-state index in [1.165, 1.54) is 16.2 Å². The lowest BCUT2D eigenvalue weighted by Gasteiger charge is -2.18. The van der Waals surface area contributed by atoms with Crippen LogP contribution >= 0.6 is 11.3 Å². The van der Waals surface area contributed by atoms with Gasteiger partial charge in [0.25, 0.3) is 5.91 Å². The van der Waals surface area contributed by atoms with Gasteiger partial charge in [0.1, 0.15) is 10.8 Å². The van der Waals surface area contributed by atoms with E-state index in [1.807, 2.05) is 42.5 Å². The third-order valence-electron chi connectivity index (χ3n) is 5.34. The molecule has 2 aromatic carbocycles. The van der Waals surface area contributed by atoms with Crippen LogP contribution in [0.15, 0.2) is 42.5 Å². The van der Waals surface area contributed by atoms with E-state index in [2.05, 4.69) is 12.2 Å². The zero-order valence-electron chi connectivity index (χ0n) is 17.2. The van der Waals surface area contributed by atoms with E-state index in [-0.39, 0.29) is 18.5 Å². The molecule has 0 bridgehead atoms. The van der Waals surface area contributed by atoms with Crippen LogP contribution in [-0.2, 0) is 22.4 Å². The molecule has 156 valence electrons. The number of carbonyl (C=O) groups is 2. The molecule has 1 N–H and O–H groups in total. The van der Waals surface area contributed by atoms with Crippen LogP contribution in [0.4, 0.5) is 5.00 Å². The second-order valence-corrected chi connectivity index (χ2v) is 8.73. The number of thiophene rings is 1. The third-order valence-corrected chi connectivity index (χ3v) is 6.50. The van der Waals surface area contributed by atoms with Crippen molar-refractivity contribution in [2.24, 2.45) is 5.92 Å². The van der Waals surface area contributed by atoms with Crippen molar-refractivity contribution >= 4 is 39.0 Å².